The number of hydrogen-bond donors (Lipinski definition) is 1. The van der Waals surface area contributed by atoms with Gasteiger partial charge in [0.15, 0.2) is 0 Å². The number of hydrogen-bond acceptors (Lipinski definition) is 4. The van der Waals surface area contributed by atoms with Crippen molar-refractivity contribution < 1.29 is 0 Å². The second-order valence-electron chi connectivity index (χ2n) is 8.34. The number of likely N-dealkylation sites (N-methyl/N-ethyl adjacent to an activating group) is 1. The molecule has 3 aromatic rings. The van der Waals surface area contributed by atoms with Crippen molar-refractivity contribution in [2.45, 2.75) is 44.3 Å². The van der Waals surface area contributed by atoms with Crippen LogP contribution < -0.4 is 5.32 Å². The van der Waals surface area contributed by atoms with Crippen LogP contribution in [0.2, 0.25) is 0 Å². The summed E-state index contributed by atoms with van der Waals surface area (Å²) in [5.74, 6) is 0. The molecular weight excluding hydrogens is 356 g/mol. The molecule has 0 saturated heterocycles. The normalized spacial score (nSPS) is 20.9. The summed E-state index contributed by atoms with van der Waals surface area (Å²) in [7, 11) is 2.26. The molecule has 5 rings (SSSR count). The summed E-state index contributed by atoms with van der Waals surface area (Å²) in [4.78, 5) is 11.8. The highest BCUT2D eigenvalue weighted by molar-refractivity contribution is 5.65. The summed E-state index contributed by atoms with van der Waals surface area (Å²) >= 11 is 0. The van der Waals surface area contributed by atoms with E-state index in [1.165, 1.54) is 40.8 Å². The van der Waals surface area contributed by atoms with E-state index in [0.29, 0.717) is 12.1 Å². The number of rotatable bonds is 4. The Kier molecular flexibility index (Phi) is 5.13. The van der Waals surface area contributed by atoms with E-state index in [4.69, 9.17) is 4.98 Å². The monoisotopic (exact) mass is 384 g/mol. The fourth-order valence-corrected chi connectivity index (χ4v) is 4.99. The van der Waals surface area contributed by atoms with Gasteiger partial charge in [-0.2, -0.15) is 0 Å². The predicted molar refractivity (Wildman–Crippen MR) is 117 cm³/mol. The minimum absolute atomic E-state index is 0.425. The largest absolute Gasteiger partial charge is 0.308 e. The number of nitrogens with one attached hydrogen (secondary N) is 1. The van der Waals surface area contributed by atoms with Crippen molar-refractivity contribution in [3.63, 3.8) is 0 Å². The van der Waals surface area contributed by atoms with Crippen LogP contribution in [0.5, 0.6) is 0 Å². The molecule has 2 aromatic heterocycles. The second-order valence-corrected chi connectivity index (χ2v) is 8.34. The minimum atomic E-state index is 0.425. The summed E-state index contributed by atoms with van der Waals surface area (Å²) in [5.41, 5.74) is 7.91. The summed E-state index contributed by atoms with van der Waals surface area (Å²) in [5, 5.41) is 3.77. The Hall–Kier alpha value is -2.56. The van der Waals surface area contributed by atoms with Gasteiger partial charge in [-0.05, 0) is 67.6 Å². The lowest BCUT2D eigenvalue weighted by atomic mass is 9.88. The van der Waals surface area contributed by atoms with Crippen molar-refractivity contribution in [2.24, 2.45) is 0 Å². The molecule has 0 bridgehead atoms. The molecule has 2 atom stereocenters. The summed E-state index contributed by atoms with van der Waals surface area (Å²) in [6.07, 6.45) is 8.47. The van der Waals surface area contributed by atoms with E-state index in [1.54, 1.807) is 0 Å². The standard InChI is InChI=1S/C25H28N4/c1-29(24-12-5-7-18-9-6-14-27-25(18)24)17-20-15-22-19(16-28-20)8-4-10-21(22)23-11-2-3-13-26-23/h2-4,6,8-11,13-14,20,24,28H,5,7,12,15-17H2,1H3/t20-,24-/m0/s1. The van der Waals surface area contributed by atoms with Crippen molar-refractivity contribution in [1.82, 2.24) is 20.2 Å². The third kappa shape index (κ3) is 3.70. The molecule has 29 heavy (non-hydrogen) atoms. The van der Waals surface area contributed by atoms with E-state index < -0.39 is 0 Å². The minimum Gasteiger partial charge on any atom is -0.308 e. The third-order valence-electron chi connectivity index (χ3n) is 6.45. The Morgan fingerprint density at radius 2 is 1.90 bits per heavy atom. The van der Waals surface area contributed by atoms with Crippen LogP contribution in [0.25, 0.3) is 11.3 Å². The van der Waals surface area contributed by atoms with E-state index in [-0.39, 0.29) is 0 Å². The topological polar surface area (TPSA) is 41.1 Å². The Labute approximate surface area is 173 Å². The first-order chi connectivity index (χ1) is 14.3. The number of aromatic nitrogens is 2. The van der Waals surface area contributed by atoms with E-state index in [0.717, 1.165) is 31.6 Å². The number of fused-ring (bicyclic) bond motifs is 2. The molecule has 0 unspecified atom stereocenters. The molecule has 0 saturated carbocycles. The van der Waals surface area contributed by atoms with Gasteiger partial charge in [0.25, 0.3) is 0 Å². The Balaban J connectivity index is 1.36. The highest BCUT2D eigenvalue weighted by Gasteiger charge is 2.28. The first kappa shape index (κ1) is 18.5. The Bertz CT molecular complexity index is 985. The van der Waals surface area contributed by atoms with Crippen molar-refractivity contribution in [3.05, 3.63) is 83.3 Å². The molecule has 0 spiro atoms. The van der Waals surface area contributed by atoms with Crippen LogP contribution in [0.3, 0.4) is 0 Å². The van der Waals surface area contributed by atoms with Crippen molar-refractivity contribution >= 4 is 0 Å². The zero-order valence-electron chi connectivity index (χ0n) is 17.0. The molecule has 0 radical (unpaired) electrons. The zero-order chi connectivity index (χ0) is 19.6. The van der Waals surface area contributed by atoms with Gasteiger partial charge in [0.05, 0.1) is 17.4 Å². The smallest absolute Gasteiger partial charge is 0.0704 e. The van der Waals surface area contributed by atoms with E-state index in [2.05, 4.69) is 64.7 Å². The molecule has 2 aliphatic rings. The molecule has 1 aliphatic carbocycles. The molecule has 0 fully saturated rings. The second kappa shape index (κ2) is 8.05. The SMILES string of the molecule is CN(C[C@@H]1Cc2c(cccc2-c2ccccn2)CN1)[C@H]1CCCc2cccnc21. The van der Waals surface area contributed by atoms with Crippen LogP contribution in [0, 0.1) is 0 Å². The summed E-state index contributed by atoms with van der Waals surface area (Å²) < 4.78 is 0. The molecular formula is C25H28N4. The molecule has 3 heterocycles. The van der Waals surface area contributed by atoms with Crippen LogP contribution in [0.4, 0.5) is 0 Å². The average molecular weight is 385 g/mol. The highest BCUT2D eigenvalue weighted by Crippen LogP contribution is 2.33. The maximum Gasteiger partial charge on any atom is 0.0704 e. The summed E-state index contributed by atoms with van der Waals surface area (Å²) in [6.45, 7) is 1.95. The van der Waals surface area contributed by atoms with Gasteiger partial charge in [-0.3, -0.25) is 14.9 Å². The average Bonchev–Trinajstić information content (AvgIpc) is 2.79. The fourth-order valence-electron chi connectivity index (χ4n) is 4.99. The third-order valence-corrected chi connectivity index (χ3v) is 6.45. The number of benzene rings is 1. The molecule has 148 valence electrons. The van der Waals surface area contributed by atoms with Crippen molar-refractivity contribution in [1.29, 1.82) is 0 Å². The first-order valence-corrected chi connectivity index (χ1v) is 10.7. The van der Waals surface area contributed by atoms with Gasteiger partial charge < -0.3 is 5.32 Å². The van der Waals surface area contributed by atoms with Crippen LogP contribution in [0.1, 0.15) is 41.3 Å². The van der Waals surface area contributed by atoms with E-state index >= 15 is 0 Å². The molecule has 1 N–H and O–H groups in total. The van der Waals surface area contributed by atoms with Crippen molar-refractivity contribution in [2.75, 3.05) is 13.6 Å². The zero-order valence-corrected chi connectivity index (χ0v) is 17.0. The molecule has 0 amide bonds. The number of pyridine rings is 2. The molecule has 4 nitrogen and oxygen atoms in total. The van der Waals surface area contributed by atoms with Gasteiger partial charge in [-0.15, -0.1) is 0 Å². The first-order valence-electron chi connectivity index (χ1n) is 10.7. The van der Waals surface area contributed by atoms with Crippen LogP contribution in [-0.4, -0.2) is 34.5 Å². The predicted octanol–water partition coefficient (Wildman–Crippen LogP) is 4.17. The number of aryl methyl sites for hydroxylation is 1. The Morgan fingerprint density at radius 3 is 2.79 bits per heavy atom. The maximum absolute atomic E-state index is 4.73. The van der Waals surface area contributed by atoms with Crippen LogP contribution in [0.15, 0.2) is 60.9 Å². The molecule has 4 heteroatoms. The lowest BCUT2D eigenvalue weighted by Crippen LogP contribution is -2.45. The fraction of sp³-hybridized carbons (Fsp3) is 0.360. The van der Waals surface area contributed by atoms with E-state index in [9.17, 15) is 0 Å². The van der Waals surface area contributed by atoms with Crippen molar-refractivity contribution in [3.8, 4) is 11.3 Å². The van der Waals surface area contributed by atoms with Crippen LogP contribution >= 0.6 is 0 Å². The molecule has 1 aromatic carbocycles. The highest BCUT2D eigenvalue weighted by atomic mass is 15.2. The van der Waals surface area contributed by atoms with Gasteiger partial charge in [-0.25, -0.2) is 0 Å². The Morgan fingerprint density at radius 1 is 1.00 bits per heavy atom. The van der Waals surface area contributed by atoms with Gasteiger partial charge in [-0.1, -0.05) is 30.3 Å². The molecule has 1 aliphatic heterocycles. The van der Waals surface area contributed by atoms with Gasteiger partial charge in [0.1, 0.15) is 0 Å². The van der Waals surface area contributed by atoms with Crippen LogP contribution in [-0.2, 0) is 19.4 Å². The maximum atomic E-state index is 4.73. The van der Waals surface area contributed by atoms with Gasteiger partial charge >= 0.3 is 0 Å². The lowest BCUT2D eigenvalue weighted by molar-refractivity contribution is 0.191. The van der Waals surface area contributed by atoms with E-state index in [1.807, 2.05) is 18.5 Å². The van der Waals surface area contributed by atoms with Gasteiger partial charge in [0.2, 0.25) is 0 Å². The lowest BCUT2D eigenvalue weighted by Gasteiger charge is -2.36. The van der Waals surface area contributed by atoms with Gasteiger partial charge in [0, 0.05) is 37.1 Å². The summed E-state index contributed by atoms with van der Waals surface area (Å²) in [6, 6.07) is 18.0. The number of nitrogens with zero attached hydrogens (tertiary/aromatic N) is 3. The quantitative estimate of drug-likeness (QED) is 0.733.